The van der Waals surface area contributed by atoms with Gasteiger partial charge in [0.25, 0.3) is 0 Å². The van der Waals surface area contributed by atoms with Crippen molar-refractivity contribution in [2.45, 2.75) is 40.8 Å². The van der Waals surface area contributed by atoms with Crippen LogP contribution in [0, 0.1) is 39.0 Å². The quantitative estimate of drug-likeness (QED) is 0.135. The summed E-state index contributed by atoms with van der Waals surface area (Å²) in [6.45, 7) is 9.17. The molecule has 0 saturated carbocycles. The lowest BCUT2D eigenvalue weighted by molar-refractivity contribution is 1.09. The number of aromatic nitrogens is 8. The molecule has 2 N–H and O–H groups in total. The molecule has 2 aromatic carbocycles. The average Bonchev–Trinajstić information content (AvgIpc) is 3.35. The second-order valence-electron chi connectivity index (χ2n) is 16.1. The molecule has 66 heavy (non-hydrogen) atoms. The molecular weight excluding hydrogens is 815 g/mol. The zero-order chi connectivity index (χ0) is 45.4. The van der Waals surface area contributed by atoms with Gasteiger partial charge in [-0.3, -0.25) is 29.9 Å². The number of hydrogen-bond donors (Lipinski definition) is 2. The molecule has 0 saturated heterocycles. The summed E-state index contributed by atoms with van der Waals surface area (Å²) in [5.74, 6) is 1.57. The summed E-state index contributed by atoms with van der Waals surface area (Å²) in [5, 5.41) is 20.6. The van der Waals surface area contributed by atoms with Crippen LogP contribution in [0.2, 0.25) is 0 Å². The number of hydrogen-bond acceptors (Lipinski definition) is 11. The lowest BCUT2D eigenvalue weighted by Gasteiger charge is -2.11. The summed E-state index contributed by atoms with van der Waals surface area (Å²) in [7, 11) is 0. The molecule has 11 nitrogen and oxygen atoms in total. The number of pyridine rings is 8. The van der Waals surface area contributed by atoms with E-state index in [0.717, 1.165) is 89.5 Å². The summed E-state index contributed by atoms with van der Waals surface area (Å²) >= 11 is 0. The maximum atomic E-state index is 9.70. The first kappa shape index (κ1) is 42.5. The smallest absolute Gasteiger partial charge is 0.135 e. The van der Waals surface area contributed by atoms with Gasteiger partial charge >= 0.3 is 0 Å². The van der Waals surface area contributed by atoms with Crippen molar-refractivity contribution in [3.05, 3.63) is 204 Å². The standard InChI is InChI=1S/C28H22N6.C27H23N5/c1-18-4-3-5-23(10-18)27-24(14-29)12-20(15-33-27)16-34-28-25-17-32-26(13-21(25)6-9-31-28)22-7-8-30-19(2)11-22;1-18-13-22(7-10-28-18)21-5-3-20(4-6-21)16-32-27-25-17-31-26(15-23(25)8-12-30-27)24-9-11-29-19(2)14-24/h3-13,15,17H,16H2,1-2H3,(H,31,34);3-15,17H,16H2,1-2H3,(H,30,32). The van der Waals surface area contributed by atoms with Crippen LogP contribution in [-0.4, -0.2) is 39.9 Å². The van der Waals surface area contributed by atoms with E-state index in [0.29, 0.717) is 24.3 Å². The van der Waals surface area contributed by atoms with Crippen molar-refractivity contribution in [1.29, 1.82) is 5.26 Å². The molecule has 0 bridgehead atoms. The molecule has 11 heteroatoms. The lowest BCUT2D eigenvalue weighted by Crippen LogP contribution is -2.04. The largest absolute Gasteiger partial charge is 0.365 e. The van der Waals surface area contributed by atoms with Crippen LogP contribution in [0.3, 0.4) is 0 Å². The van der Waals surface area contributed by atoms with E-state index in [2.05, 4.69) is 99.0 Å². The van der Waals surface area contributed by atoms with Gasteiger partial charge in [0, 0.05) is 107 Å². The van der Waals surface area contributed by atoms with Crippen LogP contribution >= 0.6 is 0 Å². The Balaban J connectivity index is 0.000000166. The van der Waals surface area contributed by atoms with Crippen LogP contribution in [0.25, 0.3) is 66.4 Å². The van der Waals surface area contributed by atoms with Crippen molar-refractivity contribution >= 4 is 33.2 Å². The number of anilines is 2. The molecule has 0 aliphatic rings. The number of nitrogens with zero attached hydrogens (tertiary/aromatic N) is 9. The Hall–Kier alpha value is -8.75. The van der Waals surface area contributed by atoms with Crippen LogP contribution in [0.4, 0.5) is 11.6 Å². The third kappa shape index (κ3) is 9.89. The molecule has 0 aliphatic heterocycles. The predicted molar refractivity (Wildman–Crippen MR) is 263 cm³/mol. The summed E-state index contributed by atoms with van der Waals surface area (Å²) in [4.78, 5) is 35.8. The molecule has 0 amide bonds. The predicted octanol–water partition coefficient (Wildman–Crippen LogP) is 11.8. The highest BCUT2D eigenvalue weighted by atomic mass is 15.0. The van der Waals surface area contributed by atoms with Crippen LogP contribution in [0.1, 0.15) is 39.3 Å². The Morgan fingerprint density at radius 1 is 0.439 bits per heavy atom. The van der Waals surface area contributed by atoms with Gasteiger partial charge in [-0.15, -0.1) is 0 Å². The Bertz CT molecular complexity index is 3400. The minimum absolute atomic E-state index is 0.493. The number of nitriles is 1. The molecule has 8 aromatic heterocycles. The van der Waals surface area contributed by atoms with E-state index in [1.165, 1.54) is 16.7 Å². The maximum Gasteiger partial charge on any atom is 0.135 e. The van der Waals surface area contributed by atoms with Crippen LogP contribution in [0.15, 0.2) is 165 Å². The average molecular weight is 860 g/mol. The van der Waals surface area contributed by atoms with Crippen molar-refractivity contribution in [3.63, 3.8) is 0 Å². The van der Waals surface area contributed by atoms with Gasteiger partial charge < -0.3 is 10.6 Å². The number of nitrogens with one attached hydrogen (secondary N) is 2. The third-order valence-electron chi connectivity index (χ3n) is 11.1. The number of aryl methyl sites for hydroxylation is 4. The first-order chi connectivity index (χ1) is 32.3. The summed E-state index contributed by atoms with van der Waals surface area (Å²) in [6, 6.07) is 41.1. The number of benzene rings is 2. The van der Waals surface area contributed by atoms with Gasteiger partial charge in [0.15, 0.2) is 0 Å². The number of rotatable bonds is 10. The van der Waals surface area contributed by atoms with Crippen LogP contribution in [-0.2, 0) is 13.1 Å². The Morgan fingerprint density at radius 2 is 0.970 bits per heavy atom. The fourth-order valence-corrected chi connectivity index (χ4v) is 7.77. The molecule has 0 spiro atoms. The minimum Gasteiger partial charge on any atom is -0.365 e. The monoisotopic (exact) mass is 859 g/mol. The summed E-state index contributed by atoms with van der Waals surface area (Å²) in [6.07, 6.45) is 14.6. The first-order valence-corrected chi connectivity index (χ1v) is 21.6. The van der Waals surface area contributed by atoms with E-state index in [-0.39, 0.29) is 0 Å². The van der Waals surface area contributed by atoms with Crippen molar-refractivity contribution in [1.82, 2.24) is 39.9 Å². The highest BCUT2D eigenvalue weighted by Crippen LogP contribution is 2.29. The van der Waals surface area contributed by atoms with Gasteiger partial charge in [0.1, 0.15) is 17.7 Å². The molecule has 10 rings (SSSR count). The second-order valence-corrected chi connectivity index (χ2v) is 16.1. The maximum absolute atomic E-state index is 9.70. The molecule has 10 aromatic rings. The zero-order valence-corrected chi connectivity index (χ0v) is 37.0. The Morgan fingerprint density at radius 3 is 1.52 bits per heavy atom. The zero-order valence-electron chi connectivity index (χ0n) is 37.0. The van der Waals surface area contributed by atoms with Crippen LogP contribution < -0.4 is 10.6 Å². The van der Waals surface area contributed by atoms with Gasteiger partial charge in [-0.05, 0) is 134 Å². The number of fused-ring (bicyclic) bond motifs is 2. The van der Waals surface area contributed by atoms with Gasteiger partial charge in [0.2, 0.25) is 0 Å². The highest BCUT2D eigenvalue weighted by Gasteiger charge is 2.12. The minimum atomic E-state index is 0.493. The van der Waals surface area contributed by atoms with Crippen molar-refractivity contribution in [2.24, 2.45) is 0 Å². The van der Waals surface area contributed by atoms with Gasteiger partial charge in [-0.2, -0.15) is 5.26 Å². The van der Waals surface area contributed by atoms with Gasteiger partial charge in [-0.25, -0.2) is 9.97 Å². The molecule has 0 radical (unpaired) electrons. The van der Waals surface area contributed by atoms with Crippen LogP contribution in [0.5, 0.6) is 0 Å². The van der Waals surface area contributed by atoms with Gasteiger partial charge in [-0.1, -0.05) is 48.0 Å². The molecule has 320 valence electrons. The molecular formula is C55H45N11. The Kier molecular flexibility index (Phi) is 12.5. The van der Waals surface area contributed by atoms with E-state index >= 15 is 0 Å². The van der Waals surface area contributed by atoms with Crippen molar-refractivity contribution in [3.8, 4) is 51.0 Å². The second kappa shape index (κ2) is 19.3. The van der Waals surface area contributed by atoms with E-state index in [4.69, 9.17) is 0 Å². The molecule has 0 unspecified atom stereocenters. The highest BCUT2D eigenvalue weighted by molar-refractivity contribution is 5.94. The summed E-state index contributed by atoms with van der Waals surface area (Å²) < 4.78 is 0. The molecule has 8 heterocycles. The van der Waals surface area contributed by atoms with E-state index in [1.807, 2.05) is 131 Å². The molecule has 0 fully saturated rings. The molecule has 0 atom stereocenters. The topological polar surface area (TPSA) is 151 Å². The van der Waals surface area contributed by atoms with Crippen molar-refractivity contribution in [2.75, 3.05) is 10.6 Å². The summed E-state index contributed by atoms with van der Waals surface area (Å²) in [5.41, 5.74) is 14.7. The van der Waals surface area contributed by atoms with E-state index in [1.54, 1.807) is 18.6 Å². The third-order valence-corrected chi connectivity index (χ3v) is 11.1. The fraction of sp³-hybridized carbons (Fsp3) is 0.109. The normalized spacial score (nSPS) is 10.8. The Labute approximate surface area is 383 Å². The first-order valence-electron chi connectivity index (χ1n) is 21.6. The molecule has 0 aliphatic carbocycles. The van der Waals surface area contributed by atoms with E-state index in [9.17, 15) is 5.26 Å². The van der Waals surface area contributed by atoms with Gasteiger partial charge in [0.05, 0.1) is 22.6 Å². The SMILES string of the molecule is Cc1cc(-c2ccc(CNc3nccc4cc(-c5ccnc(C)c5)ncc34)cc2)ccn1.Cc1cccc(-c2ncc(CNc3nccc4cc(-c5ccnc(C)c5)ncc34)cc2C#N)c1. The fourth-order valence-electron chi connectivity index (χ4n) is 7.77. The van der Waals surface area contributed by atoms with Crippen molar-refractivity contribution < 1.29 is 0 Å². The van der Waals surface area contributed by atoms with E-state index < -0.39 is 0 Å². The lowest BCUT2D eigenvalue weighted by atomic mass is 10.0.